The molecule has 0 saturated carbocycles. The summed E-state index contributed by atoms with van der Waals surface area (Å²) in [7, 11) is 0. The zero-order valence-electron chi connectivity index (χ0n) is 17.4. The Kier molecular flexibility index (Phi) is 4.95. The summed E-state index contributed by atoms with van der Waals surface area (Å²) in [5.41, 5.74) is 6.07. The van der Waals surface area contributed by atoms with Crippen LogP contribution in [-0.4, -0.2) is 18.6 Å². The zero-order valence-corrected chi connectivity index (χ0v) is 17.4. The SMILES string of the molecule is CC(Oc1ccccc1C#N)C(=O)NCC1CC2c3ccccc3C1c1ccccc12. The van der Waals surface area contributed by atoms with Crippen LogP contribution in [0.3, 0.4) is 0 Å². The number of hydrogen-bond donors (Lipinski definition) is 1. The van der Waals surface area contributed by atoms with E-state index in [1.807, 2.05) is 0 Å². The molecular weight excluding hydrogens is 384 g/mol. The Morgan fingerprint density at radius 2 is 1.58 bits per heavy atom. The first kappa shape index (κ1) is 19.4. The van der Waals surface area contributed by atoms with Crippen molar-refractivity contribution in [2.45, 2.75) is 31.3 Å². The van der Waals surface area contributed by atoms with Crippen molar-refractivity contribution in [1.82, 2.24) is 5.32 Å². The van der Waals surface area contributed by atoms with Crippen molar-refractivity contribution in [1.29, 1.82) is 5.26 Å². The minimum absolute atomic E-state index is 0.157. The average molecular weight is 409 g/mol. The Morgan fingerprint density at radius 3 is 2.23 bits per heavy atom. The third kappa shape index (κ3) is 3.37. The van der Waals surface area contributed by atoms with E-state index in [0.717, 1.165) is 6.42 Å². The Labute approximate surface area is 182 Å². The van der Waals surface area contributed by atoms with Gasteiger partial charge >= 0.3 is 0 Å². The number of nitriles is 1. The lowest BCUT2D eigenvalue weighted by atomic mass is 9.59. The van der Waals surface area contributed by atoms with Crippen molar-refractivity contribution in [2.24, 2.45) is 5.92 Å². The van der Waals surface area contributed by atoms with E-state index in [1.165, 1.54) is 22.3 Å². The lowest BCUT2D eigenvalue weighted by molar-refractivity contribution is -0.127. The van der Waals surface area contributed by atoms with Gasteiger partial charge in [0, 0.05) is 18.4 Å². The van der Waals surface area contributed by atoms with Crippen molar-refractivity contribution in [2.75, 3.05) is 6.54 Å². The topological polar surface area (TPSA) is 62.1 Å². The molecule has 0 saturated heterocycles. The van der Waals surface area contributed by atoms with Gasteiger partial charge in [-0.05, 0) is 53.6 Å². The minimum Gasteiger partial charge on any atom is -0.480 e. The molecule has 0 aliphatic heterocycles. The number of carbonyl (C=O) groups is 1. The molecule has 0 spiro atoms. The predicted molar refractivity (Wildman–Crippen MR) is 119 cm³/mol. The van der Waals surface area contributed by atoms with Gasteiger partial charge in [-0.25, -0.2) is 0 Å². The maximum Gasteiger partial charge on any atom is 0.260 e. The maximum absolute atomic E-state index is 12.8. The second-order valence-electron chi connectivity index (χ2n) is 8.40. The molecule has 0 aromatic heterocycles. The number of rotatable bonds is 5. The summed E-state index contributed by atoms with van der Waals surface area (Å²) >= 11 is 0. The van der Waals surface area contributed by atoms with E-state index in [0.29, 0.717) is 35.6 Å². The van der Waals surface area contributed by atoms with Gasteiger partial charge in [0.1, 0.15) is 11.8 Å². The van der Waals surface area contributed by atoms with Crippen LogP contribution in [0.1, 0.15) is 53.0 Å². The van der Waals surface area contributed by atoms with Gasteiger partial charge < -0.3 is 10.1 Å². The smallest absolute Gasteiger partial charge is 0.260 e. The van der Waals surface area contributed by atoms with E-state index >= 15 is 0 Å². The van der Waals surface area contributed by atoms with Gasteiger partial charge in [0.05, 0.1) is 5.56 Å². The fraction of sp³-hybridized carbons (Fsp3) is 0.259. The largest absolute Gasteiger partial charge is 0.480 e. The first-order chi connectivity index (χ1) is 15.2. The van der Waals surface area contributed by atoms with E-state index in [9.17, 15) is 10.1 Å². The number of nitrogens with zero attached hydrogens (tertiary/aromatic N) is 1. The standard InChI is InChI=1S/C27H24N2O2/c1-17(31-25-13-7-2-8-18(25)15-28)27(30)29-16-19-14-24-20-9-3-5-11-22(20)26(19)23-12-6-4-10-21(23)24/h2-13,17,19,24,26H,14,16H2,1H3,(H,29,30). The van der Waals surface area contributed by atoms with Gasteiger partial charge in [-0.3, -0.25) is 4.79 Å². The molecule has 154 valence electrons. The minimum atomic E-state index is -0.671. The molecule has 1 amide bonds. The third-order valence-corrected chi connectivity index (χ3v) is 6.64. The van der Waals surface area contributed by atoms with Crippen molar-refractivity contribution < 1.29 is 9.53 Å². The number of hydrogen-bond acceptors (Lipinski definition) is 3. The molecule has 0 radical (unpaired) electrons. The Morgan fingerprint density at radius 1 is 1.00 bits per heavy atom. The van der Waals surface area contributed by atoms with Crippen LogP contribution in [0.4, 0.5) is 0 Å². The number of nitrogens with one attached hydrogen (secondary N) is 1. The number of benzene rings is 3. The fourth-order valence-corrected chi connectivity index (χ4v) is 5.24. The van der Waals surface area contributed by atoms with Crippen molar-refractivity contribution >= 4 is 5.91 Å². The number of amides is 1. The van der Waals surface area contributed by atoms with E-state index in [2.05, 4.69) is 59.9 Å². The molecule has 3 aromatic carbocycles. The summed E-state index contributed by atoms with van der Waals surface area (Å²) in [5, 5.41) is 12.3. The highest BCUT2D eigenvalue weighted by Crippen LogP contribution is 2.55. The van der Waals surface area contributed by atoms with Crippen molar-refractivity contribution in [3.63, 3.8) is 0 Å². The molecule has 3 aliphatic carbocycles. The molecule has 4 nitrogen and oxygen atoms in total. The van der Waals surface area contributed by atoms with E-state index in [4.69, 9.17) is 4.74 Å². The lowest BCUT2D eigenvalue weighted by Crippen LogP contribution is -2.43. The molecule has 2 bridgehead atoms. The molecule has 4 heteroatoms. The summed E-state index contributed by atoms with van der Waals surface area (Å²) in [4.78, 5) is 12.8. The second kappa shape index (κ2) is 7.92. The van der Waals surface area contributed by atoms with Crippen LogP contribution in [0.25, 0.3) is 0 Å². The normalized spacial score (nSPS) is 21.4. The first-order valence-corrected chi connectivity index (χ1v) is 10.8. The fourth-order valence-electron chi connectivity index (χ4n) is 5.24. The van der Waals surface area contributed by atoms with E-state index in [1.54, 1.807) is 31.2 Å². The summed E-state index contributed by atoms with van der Waals surface area (Å²) in [6.07, 6.45) is 0.362. The van der Waals surface area contributed by atoms with Gasteiger partial charge in [0.2, 0.25) is 0 Å². The molecule has 0 heterocycles. The summed E-state index contributed by atoms with van der Waals surface area (Å²) in [5.74, 6) is 1.31. The molecule has 3 aromatic rings. The summed E-state index contributed by atoms with van der Waals surface area (Å²) in [6, 6.07) is 26.5. The molecular formula is C27H24N2O2. The van der Waals surface area contributed by atoms with Gasteiger partial charge in [0.15, 0.2) is 6.10 Å². The zero-order chi connectivity index (χ0) is 21.4. The highest BCUT2D eigenvalue weighted by atomic mass is 16.5. The Balaban J connectivity index is 1.31. The quantitative estimate of drug-likeness (QED) is 0.663. The highest BCUT2D eigenvalue weighted by Gasteiger charge is 2.43. The van der Waals surface area contributed by atoms with E-state index < -0.39 is 6.10 Å². The number of ether oxygens (including phenoxy) is 1. The van der Waals surface area contributed by atoms with E-state index in [-0.39, 0.29) is 5.91 Å². The monoisotopic (exact) mass is 408 g/mol. The average Bonchev–Trinajstić information content (AvgIpc) is 2.83. The van der Waals surface area contributed by atoms with Crippen LogP contribution in [0.2, 0.25) is 0 Å². The number of para-hydroxylation sites is 1. The number of fused-ring (bicyclic) bond motifs is 1. The van der Waals surface area contributed by atoms with Gasteiger partial charge in [-0.15, -0.1) is 0 Å². The molecule has 2 atom stereocenters. The third-order valence-electron chi connectivity index (χ3n) is 6.64. The molecule has 31 heavy (non-hydrogen) atoms. The van der Waals surface area contributed by atoms with Crippen LogP contribution in [-0.2, 0) is 4.79 Å². The van der Waals surface area contributed by atoms with Crippen molar-refractivity contribution in [3.8, 4) is 11.8 Å². The van der Waals surface area contributed by atoms with Gasteiger partial charge in [-0.2, -0.15) is 5.26 Å². The molecule has 2 unspecified atom stereocenters. The molecule has 3 aliphatic rings. The van der Waals surface area contributed by atoms with Crippen LogP contribution < -0.4 is 10.1 Å². The van der Waals surface area contributed by atoms with Crippen molar-refractivity contribution in [3.05, 3.63) is 101 Å². The molecule has 1 N–H and O–H groups in total. The second-order valence-corrected chi connectivity index (χ2v) is 8.40. The molecule has 0 fully saturated rings. The van der Waals surface area contributed by atoms with Gasteiger partial charge in [0.25, 0.3) is 5.91 Å². The van der Waals surface area contributed by atoms with Crippen LogP contribution in [0.15, 0.2) is 72.8 Å². The maximum atomic E-state index is 12.8. The highest BCUT2D eigenvalue weighted by molar-refractivity contribution is 5.80. The summed E-state index contributed by atoms with van der Waals surface area (Å²) < 4.78 is 5.78. The molecule has 6 rings (SSSR count). The van der Waals surface area contributed by atoms with Crippen LogP contribution in [0.5, 0.6) is 5.75 Å². The van der Waals surface area contributed by atoms with Crippen LogP contribution >= 0.6 is 0 Å². The van der Waals surface area contributed by atoms with Crippen LogP contribution in [0, 0.1) is 17.2 Å². The predicted octanol–water partition coefficient (Wildman–Crippen LogP) is 4.74. The van der Waals surface area contributed by atoms with Gasteiger partial charge in [-0.1, -0.05) is 60.7 Å². The number of carbonyl (C=O) groups excluding carboxylic acids is 1. The first-order valence-electron chi connectivity index (χ1n) is 10.8. The lowest BCUT2D eigenvalue weighted by Gasteiger charge is -2.45. The summed E-state index contributed by atoms with van der Waals surface area (Å²) in [6.45, 7) is 2.33. The Bertz CT molecular complexity index is 1130. The Hall–Kier alpha value is -3.58.